The van der Waals surface area contributed by atoms with Crippen molar-refractivity contribution >= 4 is 17.7 Å². The third kappa shape index (κ3) is 8.77. The number of carbonyl (C=O) groups excluding carboxylic acids is 1. The number of carboxylic acid groups (broad SMARTS) is 1. The Morgan fingerprint density at radius 3 is 2.49 bits per heavy atom. The van der Waals surface area contributed by atoms with E-state index in [0.717, 1.165) is 44.1 Å². The summed E-state index contributed by atoms with van der Waals surface area (Å²) in [6.07, 6.45) is 9.48. The van der Waals surface area contributed by atoms with E-state index in [0.29, 0.717) is 42.4 Å². The lowest BCUT2D eigenvalue weighted by Crippen LogP contribution is -2.41. The van der Waals surface area contributed by atoms with E-state index in [2.05, 4.69) is 5.32 Å². The van der Waals surface area contributed by atoms with E-state index in [1.807, 2.05) is 17.0 Å². The Morgan fingerprint density at radius 1 is 1.00 bits per heavy atom. The second-order valence-corrected chi connectivity index (χ2v) is 10.9. The number of hydrogen-bond acceptors (Lipinski definition) is 4. The van der Waals surface area contributed by atoms with Crippen LogP contribution in [0.4, 0.5) is 14.9 Å². The number of aromatic carboxylic acids is 1. The van der Waals surface area contributed by atoms with Crippen LogP contribution in [0, 0.1) is 18.7 Å². The van der Waals surface area contributed by atoms with E-state index in [1.165, 1.54) is 31.4 Å². The van der Waals surface area contributed by atoms with Gasteiger partial charge in [0.1, 0.15) is 5.82 Å². The molecule has 2 fully saturated rings. The Bertz CT molecular complexity index is 1100. The quantitative estimate of drug-likeness (QED) is 0.328. The third-order valence-electron chi connectivity index (χ3n) is 7.91. The van der Waals surface area contributed by atoms with Gasteiger partial charge in [-0.3, -0.25) is 0 Å². The van der Waals surface area contributed by atoms with E-state index in [4.69, 9.17) is 9.47 Å². The number of rotatable bonds is 11. The summed E-state index contributed by atoms with van der Waals surface area (Å²) in [4.78, 5) is 26.6. The van der Waals surface area contributed by atoms with Crippen LogP contribution in [-0.2, 0) is 16.1 Å². The number of urea groups is 1. The number of nitrogens with one attached hydrogen (secondary N) is 1. The molecular formula is C31H41FN2O5. The predicted molar refractivity (Wildman–Crippen MR) is 148 cm³/mol. The van der Waals surface area contributed by atoms with Crippen LogP contribution in [-0.4, -0.2) is 53.9 Å². The first-order chi connectivity index (χ1) is 18.9. The molecule has 2 N–H and O–H groups in total. The van der Waals surface area contributed by atoms with Gasteiger partial charge in [-0.15, -0.1) is 0 Å². The standard InChI is InChI=1S/C31H41FN2O5/c1-22-8-5-11-24(29(22)30(35)36)21-39-28-15-7-14-27(19-28)38-17-16-34(20-23-9-3-2-4-10-23)31(37)33-26-13-6-12-25(32)18-26/h5-6,8,11-13,18,23,27-28H,2-4,7,9-10,14-17,19-21H2,1H3,(H,33,37)(H,35,36). The molecular weight excluding hydrogens is 499 g/mol. The van der Waals surface area contributed by atoms with E-state index in [9.17, 15) is 19.1 Å². The van der Waals surface area contributed by atoms with Crippen LogP contribution in [0.15, 0.2) is 42.5 Å². The highest BCUT2D eigenvalue weighted by molar-refractivity contribution is 5.91. The second kappa shape index (κ2) is 14.4. The molecule has 39 heavy (non-hydrogen) atoms. The highest BCUT2D eigenvalue weighted by atomic mass is 19.1. The molecule has 2 aromatic rings. The van der Waals surface area contributed by atoms with Crippen LogP contribution in [0.2, 0.25) is 0 Å². The Labute approximate surface area is 230 Å². The summed E-state index contributed by atoms with van der Waals surface area (Å²) in [6, 6.07) is 11.2. The fourth-order valence-electron chi connectivity index (χ4n) is 5.82. The first kappa shape index (κ1) is 29.0. The Balaban J connectivity index is 1.28. The van der Waals surface area contributed by atoms with Crippen LogP contribution in [0.1, 0.15) is 79.3 Å². The third-order valence-corrected chi connectivity index (χ3v) is 7.91. The lowest BCUT2D eigenvalue weighted by molar-refractivity contribution is -0.0526. The molecule has 0 radical (unpaired) electrons. The van der Waals surface area contributed by atoms with Crippen molar-refractivity contribution in [2.45, 2.75) is 83.5 Å². The van der Waals surface area contributed by atoms with Gasteiger partial charge in [0.05, 0.1) is 31.0 Å². The molecule has 2 aromatic carbocycles. The number of anilines is 1. The van der Waals surface area contributed by atoms with Crippen molar-refractivity contribution in [1.82, 2.24) is 4.90 Å². The van der Waals surface area contributed by atoms with Crippen molar-refractivity contribution in [2.75, 3.05) is 25.0 Å². The first-order valence-corrected chi connectivity index (χ1v) is 14.3. The van der Waals surface area contributed by atoms with Gasteiger partial charge in [-0.1, -0.05) is 43.5 Å². The zero-order valence-corrected chi connectivity index (χ0v) is 22.9. The second-order valence-electron chi connectivity index (χ2n) is 10.9. The molecule has 0 heterocycles. The molecule has 2 amide bonds. The minimum atomic E-state index is -0.934. The van der Waals surface area contributed by atoms with Crippen LogP contribution in [0.3, 0.4) is 0 Å². The molecule has 0 bridgehead atoms. The molecule has 2 aliphatic carbocycles. The van der Waals surface area contributed by atoms with Crippen molar-refractivity contribution < 1.29 is 28.6 Å². The van der Waals surface area contributed by atoms with Gasteiger partial charge in [0.2, 0.25) is 0 Å². The summed E-state index contributed by atoms with van der Waals surface area (Å²) < 4.78 is 26.0. The molecule has 4 rings (SSSR count). The number of carboxylic acids is 1. The molecule has 212 valence electrons. The summed E-state index contributed by atoms with van der Waals surface area (Å²) in [6.45, 7) is 3.61. The smallest absolute Gasteiger partial charge is 0.336 e. The average Bonchev–Trinajstić information content (AvgIpc) is 2.92. The molecule has 0 spiro atoms. The van der Waals surface area contributed by atoms with Crippen molar-refractivity contribution in [3.05, 3.63) is 65.0 Å². The minimum absolute atomic E-state index is 0.000486. The molecule has 0 aliphatic heterocycles. The number of aryl methyl sites for hydroxylation is 1. The first-order valence-electron chi connectivity index (χ1n) is 14.3. The number of nitrogens with zero attached hydrogens (tertiary/aromatic N) is 1. The maximum absolute atomic E-state index is 13.6. The molecule has 2 atom stereocenters. The maximum Gasteiger partial charge on any atom is 0.336 e. The predicted octanol–water partition coefficient (Wildman–Crippen LogP) is 6.79. The molecule has 2 aliphatic rings. The topological polar surface area (TPSA) is 88.1 Å². The summed E-state index contributed by atoms with van der Waals surface area (Å²) in [5, 5.41) is 12.4. The van der Waals surface area contributed by atoms with Crippen LogP contribution >= 0.6 is 0 Å². The maximum atomic E-state index is 13.6. The molecule has 2 saturated carbocycles. The zero-order valence-electron chi connectivity index (χ0n) is 22.9. The van der Waals surface area contributed by atoms with Gasteiger partial charge in [0.25, 0.3) is 0 Å². The number of carbonyl (C=O) groups is 2. The number of ether oxygens (including phenoxy) is 2. The van der Waals surface area contributed by atoms with Gasteiger partial charge in [-0.25, -0.2) is 14.0 Å². The molecule has 0 saturated heterocycles. The van der Waals surface area contributed by atoms with E-state index in [1.54, 1.807) is 25.1 Å². The lowest BCUT2D eigenvalue weighted by atomic mass is 9.89. The summed E-state index contributed by atoms with van der Waals surface area (Å²) in [7, 11) is 0. The molecule has 0 aromatic heterocycles. The highest BCUT2D eigenvalue weighted by Crippen LogP contribution is 2.27. The van der Waals surface area contributed by atoms with E-state index in [-0.39, 0.29) is 30.7 Å². The van der Waals surface area contributed by atoms with Crippen molar-refractivity contribution in [1.29, 1.82) is 0 Å². The highest BCUT2D eigenvalue weighted by Gasteiger charge is 2.26. The Morgan fingerprint density at radius 2 is 1.74 bits per heavy atom. The monoisotopic (exact) mass is 540 g/mol. The van der Waals surface area contributed by atoms with Gasteiger partial charge in [0, 0.05) is 18.8 Å². The normalized spacial score (nSPS) is 19.9. The number of amides is 2. The fourth-order valence-corrected chi connectivity index (χ4v) is 5.82. The SMILES string of the molecule is Cc1cccc(COC2CCCC(OCCN(CC3CCCCC3)C(=O)Nc3cccc(F)c3)C2)c1C(=O)O. The van der Waals surface area contributed by atoms with Gasteiger partial charge in [-0.05, 0) is 80.7 Å². The zero-order chi connectivity index (χ0) is 27.6. The fraction of sp³-hybridized carbons (Fsp3) is 0.548. The van der Waals surface area contributed by atoms with Crippen LogP contribution < -0.4 is 5.32 Å². The lowest BCUT2D eigenvalue weighted by Gasteiger charge is -2.32. The summed E-state index contributed by atoms with van der Waals surface area (Å²) >= 11 is 0. The Kier molecular flexibility index (Phi) is 10.7. The van der Waals surface area contributed by atoms with Gasteiger partial charge >= 0.3 is 12.0 Å². The van der Waals surface area contributed by atoms with Crippen molar-refractivity contribution in [3.8, 4) is 0 Å². The number of hydrogen-bond donors (Lipinski definition) is 2. The van der Waals surface area contributed by atoms with Gasteiger partial charge in [0.15, 0.2) is 0 Å². The minimum Gasteiger partial charge on any atom is -0.478 e. The molecule has 2 unspecified atom stereocenters. The number of benzene rings is 2. The van der Waals surface area contributed by atoms with Crippen LogP contribution in [0.25, 0.3) is 0 Å². The van der Waals surface area contributed by atoms with E-state index >= 15 is 0 Å². The molecule has 8 heteroatoms. The van der Waals surface area contributed by atoms with E-state index < -0.39 is 5.97 Å². The number of halogens is 1. The van der Waals surface area contributed by atoms with Crippen molar-refractivity contribution in [3.63, 3.8) is 0 Å². The Hall–Kier alpha value is -2.97. The van der Waals surface area contributed by atoms with Crippen molar-refractivity contribution in [2.24, 2.45) is 5.92 Å². The summed E-state index contributed by atoms with van der Waals surface area (Å²) in [5.41, 5.74) is 2.18. The molecule has 7 nitrogen and oxygen atoms in total. The average molecular weight is 541 g/mol. The van der Waals surface area contributed by atoms with Crippen LogP contribution in [0.5, 0.6) is 0 Å². The largest absolute Gasteiger partial charge is 0.478 e. The summed E-state index contributed by atoms with van der Waals surface area (Å²) in [5.74, 6) is -0.844. The van der Waals surface area contributed by atoms with Gasteiger partial charge < -0.3 is 24.8 Å². The van der Waals surface area contributed by atoms with Gasteiger partial charge in [-0.2, -0.15) is 0 Å².